The lowest BCUT2D eigenvalue weighted by Crippen LogP contribution is -2.46. The Balaban J connectivity index is 1.46. The van der Waals surface area contributed by atoms with Gasteiger partial charge in [0.2, 0.25) is 10.0 Å². The first kappa shape index (κ1) is 16.5. The van der Waals surface area contributed by atoms with Crippen LogP contribution in [0.15, 0.2) is 12.4 Å². The van der Waals surface area contributed by atoms with Crippen LogP contribution in [0.2, 0.25) is 0 Å². The molecule has 8 nitrogen and oxygen atoms in total. The predicted octanol–water partition coefficient (Wildman–Crippen LogP) is 0.989. The van der Waals surface area contributed by atoms with Crippen molar-refractivity contribution >= 4 is 27.1 Å². The minimum absolute atomic E-state index is 0.0324. The van der Waals surface area contributed by atoms with Crippen LogP contribution in [-0.4, -0.2) is 59.0 Å². The third-order valence-electron chi connectivity index (χ3n) is 4.90. The highest BCUT2D eigenvalue weighted by atomic mass is 32.2. The maximum atomic E-state index is 12.6. The average Bonchev–Trinajstić information content (AvgIpc) is 3.33. The van der Waals surface area contributed by atoms with E-state index in [-0.39, 0.29) is 11.9 Å². The Bertz CT molecular complexity index is 911. The molecule has 2 aromatic rings. The van der Waals surface area contributed by atoms with Crippen LogP contribution >= 0.6 is 0 Å². The summed E-state index contributed by atoms with van der Waals surface area (Å²) in [6.45, 7) is 0.868. The summed E-state index contributed by atoms with van der Waals surface area (Å²) >= 11 is 0. The van der Waals surface area contributed by atoms with E-state index in [9.17, 15) is 13.2 Å². The first-order chi connectivity index (χ1) is 11.9. The van der Waals surface area contributed by atoms with Crippen LogP contribution < -0.4 is 5.32 Å². The number of rotatable bonds is 4. The van der Waals surface area contributed by atoms with Crippen molar-refractivity contribution < 1.29 is 13.2 Å². The second kappa shape index (κ2) is 6.06. The molecule has 0 atom stereocenters. The van der Waals surface area contributed by atoms with Gasteiger partial charge >= 0.3 is 0 Å². The lowest BCUT2D eigenvalue weighted by molar-refractivity contribution is 0.0925. The Labute approximate surface area is 146 Å². The molecule has 4 rings (SSSR count). The molecule has 0 unspecified atom stereocenters. The number of piperidine rings is 1. The summed E-state index contributed by atoms with van der Waals surface area (Å²) in [6.07, 6.45) is 8.12. The van der Waals surface area contributed by atoms with Crippen LogP contribution in [0.4, 0.5) is 0 Å². The van der Waals surface area contributed by atoms with Crippen LogP contribution in [0.1, 0.15) is 47.7 Å². The molecule has 1 aliphatic heterocycles. The standard InChI is InChI=1S/C16H21N5O3S/c1-25(23,24)21-6-4-11(5-7-21)19-16(22)12-8-17-15-14(12)20-13(9-18-15)10-2-3-10/h8-11H,2-7H2,1H3,(H,17,18)(H,19,22). The highest BCUT2D eigenvalue weighted by Crippen LogP contribution is 2.39. The van der Waals surface area contributed by atoms with E-state index in [0.717, 1.165) is 18.5 Å². The fourth-order valence-electron chi connectivity index (χ4n) is 3.25. The van der Waals surface area contributed by atoms with Gasteiger partial charge in [-0.05, 0) is 25.7 Å². The second-order valence-corrected chi connectivity index (χ2v) is 8.86. The molecule has 1 aliphatic carbocycles. The van der Waals surface area contributed by atoms with Crippen LogP contribution in [0, 0.1) is 0 Å². The number of hydrogen-bond acceptors (Lipinski definition) is 5. The van der Waals surface area contributed by atoms with E-state index >= 15 is 0 Å². The molecule has 2 aromatic heterocycles. The Morgan fingerprint density at radius 3 is 2.64 bits per heavy atom. The normalized spacial score (nSPS) is 20.0. The van der Waals surface area contributed by atoms with Gasteiger partial charge in [-0.3, -0.25) is 4.79 Å². The first-order valence-electron chi connectivity index (χ1n) is 8.52. The number of sulfonamides is 1. The topological polar surface area (TPSA) is 108 Å². The highest BCUT2D eigenvalue weighted by Gasteiger charge is 2.28. The van der Waals surface area contributed by atoms with Crippen LogP contribution in [0.5, 0.6) is 0 Å². The van der Waals surface area contributed by atoms with Gasteiger partial charge < -0.3 is 10.3 Å². The third kappa shape index (κ3) is 3.38. The molecule has 0 bridgehead atoms. The molecule has 2 N–H and O–H groups in total. The summed E-state index contributed by atoms with van der Waals surface area (Å²) in [6, 6.07) is -0.0324. The minimum Gasteiger partial charge on any atom is -0.349 e. The number of aromatic nitrogens is 3. The number of amides is 1. The van der Waals surface area contributed by atoms with E-state index in [1.807, 2.05) is 0 Å². The number of fused-ring (bicyclic) bond motifs is 1. The highest BCUT2D eigenvalue weighted by molar-refractivity contribution is 7.88. The number of H-pyrrole nitrogens is 1. The number of carbonyl (C=O) groups excluding carboxylic acids is 1. The van der Waals surface area contributed by atoms with E-state index in [1.54, 1.807) is 12.4 Å². The van der Waals surface area contributed by atoms with Crippen molar-refractivity contribution in [1.82, 2.24) is 24.6 Å². The Kier molecular flexibility index (Phi) is 3.99. The summed E-state index contributed by atoms with van der Waals surface area (Å²) in [5.41, 5.74) is 2.66. The van der Waals surface area contributed by atoms with E-state index in [4.69, 9.17) is 0 Å². The van der Waals surface area contributed by atoms with E-state index in [0.29, 0.717) is 48.6 Å². The average molecular weight is 363 g/mol. The zero-order valence-electron chi connectivity index (χ0n) is 14.0. The fraction of sp³-hybridized carbons (Fsp3) is 0.562. The van der Waals surface area contributed by atoms with Crippen molar-refractivity contribution in [2.45, 2.75) is 37.6 Å². The number of aromatic amines is 1. The number of carbonyl (C=O) groups is 1. The lowest BCUT2D eigenvalue weighted by atomic mass is 10.1. The summed E-state index contributed by atoms with van der Waals surface area (Å²) in [5, 5.41) is 3.00. The quantitative estimate of drug-likeness (QED) is 0.842. The smallest absolute Gasteiger partial charge is 0.255 e. The van der Waals surface area contributed by atoms with E-state index in [2.05, 4.69) is 20.3 Å². The van der Waals surface area contributed by atoms with Crippen molar-refractivity contribution in [3.05, 3.63) is 23.7 Å². The summed E-state index contributed by atoms with van der Waals surface area (Å²) in [7, 11) is -3.16. The molecule has 134 valence electrons. The first-order valence-corrected chi connectivity index (χ1v) is 10.4. The van der Waals surface area contributed by atoms with Crippen molar-refractivity contribution in [3.63, 3.8) is 0 Å². The van der Waals surface area contributed by atoms with Crippen LogP contribution in [0.25, 0.3) is 11.2 Å². The monoisotopic (exact) mass is 363 g/mol. The maximum absolute atomic E-state index is 12.6. The minimum atomic E-state index is -3.16. The second-order valence-electron chi connectivity index (χ2n) is 6.88. The predicted molar refractivity (Wildman–Crippen MR) is 92.8 cm³/mol. The Hall–Kier alpha value is -2.00. The van der Waals surface area contributed by atoms with Gasteiger partial charge in [-0.2, -0.15) is 0 Å². The molecular formula is C16H21N5O3S. The van der Waals surface area contributed by atoms with Gasteiger partial charge in [-0.15, -0.1) is 0 Å². The van der Waals surface area contributed by atoms with Crippen molar-refractivity contribution in [2.75, 3.05) is 19.3 Å². The summed E-state index contributed by atoms with van der Waals surface area (Å²) in [5.74, 6) is 0.286. The zero-order valence-corrected chi connectivity index (χ0v) is 14.8. The lowest BCUT2D eigenvalue weighted by Gasteiger charge is -2.30. The van der Waals surface area contributed by atoms with Crippen molar-refractivity contribution in [2.24, 2.45) is 0 Å². The molecule has 0 aromatic carbocycles. The third-order valence-corrected chi connectivity index (χ3v) is 6.20. The van der Waals surface area contributed by atoms with Gasteiger partial charge in [0.1, 0.15) is 5.52 Å². The Morgan fingerprint density at radius 1 is 1.28 bits per heavy atom. The zero-order chi connectivity index (χ0) is 17.6. The molecule has 25 heavy (non-hydrogen) atoms. The van der Waals surface area contributed by atoms with Gasteiger partial charge in [0, 0.05) is 31.2 Å². The fourth-order valence-corrected chi connectivity index (χ4v) is 4.12. The summed E-state index contributed by atoms with van der Waals surface area (Å²) < 4.78 is 24.6. The molecule has 2 fully saturated rings. The SMILES string of the molecule is CS(=O)(=O)N1CCC(NC(=O)c2c[nH]c3ncc(C4CC4)nc23)CC1. The number of hydrogen-bond donors (Lipinski definition) is 2. The number of nitrogens with zero attached hydrogens (tertiary/aromatic N) is 3. The van der Waals surface area contributed by atoms with Gasteiger partial charge in [0.25, 0.3) is 5.91 Å². The molecule has 3 heterocycles. The van der Waals surface area contributed by atoms with E-state index < -0.39 is 10.0 Å². The van der Waals surface area contributed by atoms with Crippen LogP contribution in [-0.2, 0) is 10.0 Å². The molecule has 1 amide bonds. The molecule has 2 aliphatic rings. The van der Waals surface area contributed by atoms with Crippen LogP contribution in [0.3, 0.4) is 0 Å². The summed E-state index contributed by atoms with van der Waals surface area (Å²) in [4.78, 5) is 24.6. The van der Waals surface area contributed by atoms with Gasteiger partial charge in [0.05, 0.1) is 23.7 Å². The van der Waals surface area contributed by atoms with Gasteiger partial charge in [-0.1, -0.05) is 0 Å². The number of nitrogens with one attached hydrogen (secondary N) is 2. The molecule has 1 saturated heterocycles. The van der Waals surface area contributed by atoms with Gasteiger partial charge in [0.15, 0.2) is 5.65 Å². The van der Waals surface area contributed by atoms with Gasteiger partial charge in [-0.25, -0.2) is 22.7 Å². The molecule has 9 heteroatoms. The molecular weight excluding hydrogens is 342 g/mol. The molecule has 1 saturated carbocycles. The Morgan fingerprint density at radius 2 is 2.00 bits per heavy atom. The molecule has 0 radical (unpaired) electrons. The van der Waals surface area contributed by atoms with Crippen molar-refractivity contribution in [1.29, 1.82) is 0 Å². The molecule has 0 spiro atoms. The van der Waals surface area contributed by atoms with Crippen molar-refractivity contribution in [3.8, 4) is 0 Å². The van der Waals surface area contributed by atoms with E-state index in [1.165, 1.54) is 10.6 Å². The largest absolute Gasteiger partial charge is 0.349 e. The maximum Gasteiger partial charge on any atom is 0.255 e.